The van der Waals surface area contributed by atoms with E-state index in [0.717, 1.165) is 23.6 Å². The molecule has 0 amide bonds. The summed E-state index contributed by atoms with van der Waals surface area (Å²) in [5, 5.41) is 7.34. The largest absolute Gasteiger partial charge is 0.379 e. The van der Waals surface area contributed by atoms with E-state index in [2.05, 4.69) is 15.6 Å². The number of benzene rings is 1. The molecule has 2 fully saturated rings. The van der Waals surface area contributed by atoms with Crippen molar-refractivity contribution in [2.45, 2.75) is 30.4 Å². The Morgan fingerprint density at radius 2 is 1.97 bits per heavy atom. The van der Waals surface area contributed by atoms with Gasteiger partial charge in [-0.2, -0.15) is 16.1 Å². The second kappa shape index (κ2) is 12.3. The highest BCUT2D eigenvalue weighted by molar-refractivity contribution is 14.0. The number of ether oxygens (including phenoxy) is 1. The van der Waals surface area contributed by atoms with Crippen LogP contribution in [0, 0.1) is 0 Å². The number of halogens is 1. The van der Waals surface area contributed by atoms with Crippen molar-refractivity contribution in [3.8, 4) is 0 Å². The number of guanidine groups is 1. The summed E-state index contributed by atoms with van der Waals surface area (Å²) in [5.74, 6) is 2.00. The summed E-state index contributed by atoms with van der Waals surface area (Å²) < 4.78 is 32.3. The second-order valence-electron chi connectivity index (χ2n) is 6.98. The molecule has 0 radical (unpaired) electrons. The summed E-state index contributed by atoms with van der Waals surface area (Å²) in [6, 6.07) is 7.68. The molecule has 164 valence electrons. The van der Waals surface area contributed by atoms with E-state index in [4.69, 9.17) is 4.74 Å². The smallest absolute Gasteiger partial charge is 0.218 e. The summed E-state index contributed by atoms with van der Waals surface area (Å²) in [5.41, 5.74) is 1.79. The van der Waals surface area contributed by atoms with Crippen LogP contribution in [0.5, 0.6) is 0 Å². The first-order valence-electron chi connectivity index (χ1n) is 9.77. The standard InChI is InChI=1S/C19H30N4O3S2.HI/c1-20-19(22-14-18-7-4-12-27-18)21-13-16-5-2-3-6-17(16)15-28(24,25)23-8-10-26-11-9-23;/h2-3,5-6,18H,4,7-15H2,1H3,(H2,20,21,22);1H. The Bertz CT molecular complexity index is 764. The molecule has 29 heavy (non-hydrogen) atoms. The average Bonchev–Trinajstić information content (AvgIpc) is 3.23. The summed E-state index contributed by atoms with van der Waals surface area (Å²) in [6.07, 6.45) is 2.53. The van der Waals surface area contributed by atoms with E-state index in [0.29, 0.717) is 38.1 Å². The van der Waals surface area contributed by atoms with Gasteiger partial charge in [0.1, 0.15) is 0 Å². The Labute approximate surface area is 195 Å². The fourth-order valence-electron chi connectivity index (χ4n) is 3.40. The highest BCUT2D eigenvalue weighted by Gasteiger charge is 2.25. The van der Waals surface area contributed by atoms with Crippen LogP contribution in [0.25, 0.3) is 0 Å². The van der Waals surface area contributed by atoms with E-state index in [1.54, 1.807) is 7.05 Å². The zero-order valence-corrected chi connectivity index (χ0v) is 20.8. The second-order valence-corrected chi connectivity index (χ2v) is 10.4. The molecule has 2 aliphatic heterocycles. The van der Waals surface area contributed by atoms with Crippen LogP contribution in [0.15, 0.2) is 29.3 Å². The van der Waals surface area contributed by atoms with E-state index in [1.807, 2.05) is 36.0 Å². The third kappa shape index (κ3) is 7.57. The van der Waals surface area contributed by atoms with Crippen molar-refractivity contribution in [1.82, 2.24) is 14.9 Å². The maximum Gasteiger partial charge on any atom is 0.218 e. The van der Waals surface area contributed by atoms with Crippen LogP contribution in [0.3, 0.4) is 0 Å². The molecule has 2 saturated heterocycles. The summed E-state index contributed by atoms with van der Waals surface area (Å²) in [7, 11) is -1.59. The highest BCUT2D eigenvalue weighted by Crippen LogP contribution is 2.25. The number of rotatable bonds is 7. The van der Waals surface area contributed by atoms with E-state index >= 15 is 0 Å². The van der Waals surface area contributed by atoms with Crippen molar-refractivity contribution in [2.24, 2.45) is 4.99 Å². The lowest BCUT2D eigenvalue weighted by Gasteiger charge is -2.26. The normalized spacial score (nSPS) is 20.9. The number of sulfonamides is 1. The molecule has 0 aromatic heterocycles. The number of nitrogens with zero attached hydrogens (tertiary/aromatic N) is 2. The van der Waals surface area contributed by atoms with Crippen molar-refractivity contribution < 1.29 is 13.2 Å². The first-order chi connectivity index (χ1) is 13.6. The van der Waals surface area contributed by atoms with Gasteiger partial charge in [0.2, 0.25) is 10.0 Å². The van der Waals surface area contributed by atoms with Crippen molar-refractivity contribution in [3.63, 3.8) is 0 Å². The Hall–Kier alpha value is -0.560. The van der Waals surface area contributed by atoms with Gasteiger partial charge in [-0.15, -0.1) is 24.0 Å². The van der Waals surface area contributed by atoms with Gasteiger partial charge in [-0.05, 0) is 29.7 Å². The van der Waals surface area contributed by atoms with Crippen LogP contribution in [0.1, 0.15) is 24.0 Å². The third-order valence-corrected chi connectivity index (χ3v) is 8.24. The van der Waals surface area contributed by atoms with Crippen molar-refractivity contribution >= 4 is 51.7 Å². The predicted octanol–water partition coefficient (Wildman–Crippen LogP) is 2.03. The Morgan fingerprint density at radius 3 is 2.62 bits per heavy atom. The summed E-state index contributed by atoms with van der Waals surface area (Å²) in [6.45, 7) is 3.22. The molecule has 0 spiro atoms. The number of morpholine rings is 1. The molecule has 2 heterocycles. The van der Waals surface area contributed by atoms with E-state index in [1.165, 1.54) is 22.9 Å². The minimum Gasteiger partial charge on any atom is -0.379 e. The van der Waals surface area contributed by atoms with Gasteiger partial charge in [-0.25, -0.2) is 8.42 Å². The first-order valence-corrected chi connectivity index (χ1v) is 12.4. The SMILES string of the molecule is CN=C(NCc1ccccc1CS(=O)(=O)N1CCOCC1)NCC1CCCS1.I. The predicted molar refractivity (Wildman–Crippen MR) is 131 cm³/mol. The van der Waals surface area contributed by atoms with Gasteiger partial charge < -0.3 is 15.4 Å². The molecular weight excluding hydrogens is 523 g/mol. The lowest BCUT2D eigenvalue weighted by atomic mass is 10.1. The quantitative estimate of drug-likeness (QED) is 0.305. The van der Waals surface area contributed by atoms with Gasteiger partial charge in [0, 0.05) is 38.5 Å². The number of aliphatic imine (C=N–C) groups is 1. The molecule has 0 bridgehead atoms. The minimum absolute atomic E-state index is 0. The van der Waals surface area contributed by atoms with Crippen LogP contribution in [0.2, 0.25) is 0 Å². The summed E-state index contributed by atoms with van der Waals surface area (Å²) >= 11 is 2.01. The fraction of sp³-hybridized carbons (Fsp3) is 0.632. The number of nitrogens with one attached hydrogen (secondary N) is 2. The number of hydrogen-bond acceptors (Lipinski definition) is 5. The fourth-order valence-corrected chi connectivity index (χ4v) is 6.16. The highest BCUT2D eigenvalue weighted by atomic mass is 127. The minimum atomic E-state index is -3.35. The van der Waals surface area contributed by atoms with E-state index in [-0.39, 0.29) is 29.7 Å². The Kier molecular flexibility index (Phi) is 10.5. The first kappa shape index (κ1) is 24.7. The maximum absolute atomic E-state index is 12.8. The zero-order chi connectivity index (χ0) is 19.8. The molecule has 10 heteroatoms. The molecule has 7 nitrogen and oxygen atoms in total. The summed E-state index contributed by atoms with van der Waals surface area (Å²) in [4.78, 5) is 4.29. The molecule has 1 atom stereocenters. The molecule has 0 aliphatic carbocycles. The van der Waals surface area contributed by atoms with Crippen LogP contribution in [-0.4, -0.2) is 69.6 Å². The van der Waals surface area contributed by atoms with E-state index < -0.39 is 10.0 Å². The van der Waals surface area contributed by atoms with E-state index in [9.17, 15) is 8.42 Å². The molecule has 1 aromatic rings. The number of hydrogen-bond donors (Lipinski definition) is 2. The molecule has 3 rings (SSSR count). The average molecular weight is 555 g/mol. The van der Waals surface area contributed by atoms with Crippen molar-refractivity contribution in [1.29, 1.82) is 0 Å². The van der Waals surface area contributed by atoms with Gasteiger partial charge in [0.05, 0.1) is 19.0 Å². The lowest BCUT2D eigenvalue weighted by Crippen LogP contribution is -2.41. The Morgan fingerprint density at radius 1 is 1.24 bits per heavy atom. The van der Waals surface area contributed by atoms with Gasteiger partial charge in [0.25, 0.3) is 0 Å². The lowest BCUT2D eigenvalue weighted by molar-refractivity contribution is 0.0729. The van der Waals surface area contributed by atoms with Gasteiger partial charge in [0.15, 0.2) is 5.96 Å². The third-order valence-electron chi connectivity index (χ3n) is 5.01. The van der Waals surface area contributed by atoms with Crippen LogP contribution >= 0.6 is 35.7 Å². The van der Waals surface area contributed by atoms with Gasteiger partial charge in [-0.3, -0.25) is 4.99 Å². The van der Waals surface area contributed by atoms with Crippen LogP contribution in [-0.2, 0) is 27.1 Å². The Balaban J connectivity index is 0.00000300. The zero-order valence-electron chi connectivity index (χ0n) is 16.8. The van der Waals surface area contributed by atoms with Gasteiger partial charge >= 0.3 is 0 Å². The molecule has 1 unspecified atom stereocenters. The van der Waals surface area contributed by atoms with Gasteiger partial charge in [-0.1, -0.05) is 24.3 Å². The van der Waals surface area contributed by atoms with Crippen molar-refractivity contribution in [3.05, 3.63) is 35.4 Å². The molecule has 2 aliphatic rings. The topological polar surface area (TPSA) is 83.0 Å². The monoisotopic (exact) mass is 554 g/mol. The molecule has 1 aromatic carbocycles. The molecule has 2 N–H and O–H groups in total. The number of thioether (sulfide) groups is 1. The van der Waals surface area contributed by atoms with Crippen molar-refractivity contribution in [2.75, 3.05) is 45.6 Å². The molecular formula is C19H31IN4O3S2. The molecule has 0 saturated carbocycles. The van der Waals surface area contributed by atoms with Crippen LogP contribution < -0.4 is 10.6 Å². The van der Waals surface area contributed by atoms with Crippen LogP contribution in [0.4, 0.5) is 0 Å². The maximum atomic E-state index is 12.8.